The van der Waals surface area contributed by atoms with Crippen LogP contribution >= 0.6 is 0 Å². The van der Waals surface area contributed by atoms with Crippen LogP contribution in [0, 0.1) is 23.3 Å². The Hall–Kier alpha value is -3.28. The Bertz CT molecular complexity index is 1200. The lowest BCUT2D eigenvalue weighted by molar-refractivity contribution is 0.417. The van der Waals surface area contributed by atoms with Crippen LogP contribution in [0.25, 0.3) is 32.7 Å². The first-order chi connectivity index (χ1) is 12.4. The number of phenolic OH excluding ortho intramolecular Hbond substituents is 2. The van der Waals surface area contributed by atoms with Gasteiger partial charge in [0.2, 0.25) is 0 Å². The van der Waals surface area contributed by atoms with E-state index in [1.807, 2.05) is 0 Å². The van der Waals surface area contributed by atoms with Gasteiger partial charge in [0.15, 0.2) is 23.3 Å². The van der Waals surface area contributed by atoms with Gasteiger partial charge in [0.1, 0.15) is 11.5 Å². The number of phenols is 2. The summed E-state index contributed by atoms with van der Waals surface area (Å²) in [5.74, 6) is -7.96. The van der Waals surface area contributed by atoms with Crippen LogP contribution in [-0.4, -0.2) is 10.2 Å². The van der Waals surface area contributed by atoms with Crippen LogP contribution in [0.15, 0.2) is 48.5 Å². The summed E-state index contributed by atoms with van der Waals surface area (Å²) >= 11 is 0. The fourth-order valence-electron chi connectivity index (χ4n) is 3.20. The summed E-state index contributed by atoms with van der Waals surface area (Å²) in [7, 11) is 0. The lowest BCUT2D eigenvalue weighted by Crippen LogP contribution is -2.00. The molecular weight excluding hydrogens is 348 g/mol. The molecule has 0 aromatic heterocycles. The van der Waals surface area contributed by atoms with Crippen molar-refractivity contribution in [1.29, 1.82) is 0 Å². The van der Waals surface area contributed by atoms with Crippen LogP contribution in [-0.2, 0) is 0 Å². The largest absolute Gasteiger partial charge is 0.507 e. The number of fused-ring (bicyclic) bond motifs is 2. The van der Waals surface area contributed by atoms with Crippen molar-refractivity contribution in [2.75, 3.05) is 0 Å². The molecule has 2 nitrogen and oxygen atoms in total. The van der Waals surface area contributed by atoms with Crippen molar-refractivity contribution in [1.82, 2.24) is 0 Å². The van der Waals surface area contributed by atoms with Crippen LogP contribution in [0.4, 0.5) is 17.6 Å². The Morgan fingerprint density at radius 1 is 0.538 bits per heavy atom. The Labute approximate surface area is 144 Å². The summed E-state index contributed by atoms with van der Waals surface area (Å²) in [6.07, 6.45) is 0. The van der Waals surface area contributed by atoms with Crippen molar-refractivity contribution in [3.8, 4) is 22.6 Å². The minimum atomic E-state index is -1.98. The topological polar surface area (TPSA) is 40.5 Å². The summed E-state index contributed by atoms with van der Waals surface area (Å²) in [5, 5.41) is 20.5. The van der Waals surface area contributed by atoms with Gasteiger partial charge in [-0.25, -0.2) is 17.6 Å². The second kappa shape index (κ2) is 5.62. The second-order valence-corrected chi connectivity index (χ2v) is 5.82. The van der Waals surface area contributed by atoms with Gasteiger partial charge in [0, 0.05) is 21.9 Å². The third-order valence-corrected chi connectivity index (χ3v) is 4.37. The van der Waals surface area contributed by atoms with Gasteiger partial charge in [-0.3, -0.25) is 0 Å². The fourth-order valence-corrected chi connectivity index (χ4v) is 3.20. The van der Waals surface area contributed by atoms with Crippen molar-refractivity contribution in [3.05, 3.63) is 71.8 Å². The summed E-state index contributed by atoms with van der Waals surface area (Å²) in [6, 6.07) is 11.6. The van der Waals surface area contributed by atoms with Crippen LogP contribution < -0.4 is 0 Å². The molecule has 0 saturated heterocycles. The lowest BCUT2D eigenvalue weighted by Gasteiger charge is -2.15. The Balaban J connectivity index is 2.28. The zero-order chi connectivity index (χ0) is 18.6. The summed E-state index contributed by atoms with van der Waals surface area (Å²) in [6.45, 7) is 0. The molecule has 0 atom stereocenters. The van der Waals surface area contributed by atoms with Gasteiger partial charge >= 0.3 is 0 Å². The highest BCUT2D eigenvalue weighted by Crippen LogP contribution is 2.46. The molecule has 4 aromatic carbocycles. The quantitative estimate of drug-likeness (QED) is 0.263. The summed E-state index contributed by atoms with van der Waals surface area (Å²) in [4.78, 5) is 0. The SMILES string of the molecule is Oc1ccc2ccccc2c1-c1c(O)ccc2c(F)c(F)c(F)c(F)c12. The monoisotopic (exact) mass is 358 g/mol. The fraction of sp³-hybridized carbons (Fsp3) is 0. The Kier molecular flexibility index (Phi) is 3.50. The Morgan fingerprint density at radius 3 is 1.92 bits per heavy atom. The molecule has 130 valence electrons. The van der Waals surface area contributed by atoms with Gasteiger partial charge in [-0.2, -0.15) is 0 Å². The van der Waals surface area contributed by atoms with E-state index in [1.165, 1.54) is 6.07 Å². The van der Waals surface area contributed by atoms with Gasteiger partial charge < -0.3 is 10.2 Å². The number of benzene rings is 4. The molecule has 0 unspecified atom stereocenters. The van der Waals surface area contributed by atoms with Gasteiger partial charge in [-0.05, 0) is 29.0 Å². The number of rotatable bonds is 1. The first kappa shape index (κ1) is 16.2. The number of hydrogen-bond donors (Lipinski definition) is 2. The van der Waals surface area contributed by atoms with E-state index in [-0.39, 0.29) is 16.9 Å². The first-order valence-corrected chi connectivity index (χ1v) is 7.60. The van der Waals surface area contributed by atoms with E-state index in [4.69, 9.17) is 0 Å². The number of halogens is 4. The van der Waals surface area contributed by atoms with Crippen molar-refractivity contribution in [2.24, 2.45) is 0 Å². The number of aromatic hydroxyl groups is 2. The molecule has 4 aromatic rings. The van der Waals surface area contributed by atoms with Crippen LogP contribution in [0.5, 0.6) is 11.5 Å². The predicted octanol–water partition coefficient (Wildman–Crippen LogP) is 5.63. The molecule has 6 heteroatoms. The lowest BCUT2D eigenvalue weighted by atomic mass is 9.91. The highest BCUT2D eigenvalue weighted by Gasteiger charge is 2.26. The van der Waals surface area contributed by atoms with Crippen molar-refractivity contribution in [2.45, 2.75) is 0 Å². The average Bonchev–Trinajstić information content (AvgIpc) is 2.65. The van der Waals surface area contributed by atoms with Gasteiger partial charge in [0.25, 0.3) is 0 Å². The minimum absolute atomic E-state index is 0.00416. The first-order valence-electron chi connectivity index (χ1n) is 7.60. The van der Waals surface area contributed by atoms with Gasteiger partial charge in [-0.15, -0.1) is 0 Å². The molecule has 0 saturated carbocycles. The van der Waals surface area contributed by atoms with E-state index >= 15 is 0 Å². The van der Waals surface area contributed by atoms with E-state index in [1.54, 1.807) is 30.3 Å². The molecule has 0 aliphatic heterocycles. The highest BCUT2D eigenvalue weighted by atomic mass is 19.2. The molecule has 0 spiro atoms. The predicted molar refractivity (Wildman–Crippen MR) is 90.1 cm³/mol. The maximum Gasteiger partial charge on any atom is 0.198 e. The maximum atomic E-state index is 14.5. The summed E-state index contributed by atoms with van der Waals surface area (Å²) < 4.78 is 56.1. The molecule has 4 rings (SSSR count). The highest BCUT2D eigenvalue weighted by molar-refractivity contribution is 6.09. The van der Waals surface area contributed by atoms with Gasteiger partial charge in [-0.1, -0.05) is 30.3 Å². The van der Waals surface area contributed by atoms with E-state index in [0.717, 1.165) is 12.1 Å². The van der Waals surface area contributed by atoms with Crippen molar-refractivity contribution in [3.63, 3.8) is 0 Å². The molecule has 0 amide bonds. The molecule has 0 heterocycles. The van der Waals surface area contributed by atoms with Crippen LogP contribution in [0.2, 0.25) is 0 Å². The molecule has 0 bridgehead atoms. The summed E-state index contributed by atoms with van der Waals surface area (Å²) in [5.41, 5.74) is -0.317. The van der Waals surface area contributed by atoms with Crippen molar-refractivity contribution < 1.29 is 27.8 Å². The average molecular weight is 358 g/mol. The van der Waals surface area contributed by atoms with Crippen LogP contribution in [0.3, 0.4) is 0 Å². The van der Waals surface area contributed by atoms with Gasteiger partial charge in [0.05, 0.1) is 0 Å². The van der Waals surface area contributed by atoms with Crippen molar-refractivity contribution >= 4 is 21.5 Å². The maximum absolute atomic E-state index is 14.5. The van der Waals surface area contributed by atoms with Crippen LogP contribution in [0.1, 0.15) is 0 Å². The smallest absolute Gasteiger partial charge is 0.198 e. The molecule has 0 radical (unpaired) electrons. The molecule has 0 aliphatic carbocycles. The van der Waals surface area contributed by atoms with E-state index in [9.17, 15) is 27.8 Å². The number of hydrogen-bond acceptors (Lipinski definition) is 2. The molecule has 2 N–H and O–H groups in total. The third-order valence-electron chi connectivity index (χ3n) is 4.37. The molecular formula is C20H10F4O2. The third kappa shape index (κ3) is 2.12. The molecule has 0 fully saturated rings. The normalized spacial score (nSPS) is 11.4. The van der Waals surface area contributed by atoms with E-state index in [2.05, 4.69) is 0 Å². The zero-order valence-electron chi connectivity index (χ0n) is 13.0. The minimum Gasteiger partial charge on any atom is -0.507 e. The Morgan fingerprint density at radius 2 is 1.15 bits per heavy atom. The molecule has 0 aliphatic rings. The zero-order valence-corrected chi connectivity index (χ0v) is 13.0. The van der Waals surface area contributed by atoms with E-state index in [0.29, 0.717) is 10.8 Å². The second-order valence-electron chi connectivity index (χ2n) is 5.82. The standard InChI is InChI=1S/C20H10F4O2/c21-17-11-6-8-13(26)16(15(11)18(22)20(24)19(17)23)14-10-4-2-1-3-9(10)5-7-12(14)25/h1-8,25-26H. The molecule has 26 heavy (non-hydrogen) atoms. The van der Waals surface area contributed by atoms with E-state index < -0.39 is 39.8 Å².